The number of ether oxygens (including phenoxy) is 1. The monoisotopic (exact) mass is 248 g/mol. The summed E-state index contributed by atoms with van der Waals surface area (Å²) in [7, 11) is 0. The minimum absolute atomic E-state index is 0.172. The van der Waals surface area contributed by atoms with E-state index in [9.17, 15) is 4.79 Å². The van der Waals surface area contributed by atoms with Crippen molar-refractivity contribution in [3.63, 3.8) is 0 Å². The minimum Gasteiger partial charge on any atom is -0.369 e. The van der Waals surface area contributed by atoms with Crippen LogP contribution in [-0.2, 0) is 4.74 Å². The molecule has 0 saturated carbocycles. The van der Waals surface area contributed by atoms with E-state index in [1.165, 1.54) is 0 Å². The Kier molecular flexibility index (Phi) is 3.39. The number of hydrogen-bond acceptors (Lipinski definition) is 4. The van der Waals surface area contributed by atoms with Crippen molar-refractivity contribution in [1.29, 1.82) is 0 Å². The quantitative estimate of drug-likeness (QED) is 0.753. The topological polar surface area (TPSA) is 42.4 Å². The van der Waals surface area contributed by atoms with Crippen LogP contribution in [0, 0.1) is 6.92 Å². The third-order valence-electron chi connectivity index (χ3n) is 3.08. The molecule has 0 aromatic carbocycles. The van der Waals surface area contributed by atoms with Gasteiger partial charge in [0.25, 0.3) is 0 Å². The first kappa shape index (κ1) is 13.0. The van der Waals surface area contributed by atoms with Crippen LogP contribution in [0.15, 0.2) is 12.3 Å². The summed E-state index contributed by atoms with van der Waals surface area (Å²) in [6.45, 7) is 9.88. The number of rotatable bonds is 2. The van der Waals surface area contributed by atoms with Crippen molar-refractivity contribution >= 4 is 12.1 Å². The number of aromatic nitrogens is 1. The van der Waals surface area contributed by atoms with Crippen LogP contribution in [0.1, 0.15) is 36.7 Å². The number of pyridine rings is 1. The number of anilines is 1. The zero-order valence-corrected chi connectivity index (χ0v) is 11.4. The van der Waals surface area contributed by atoms with Gasteiger partial charge in [-0.25, -0.2) is 4.98 Å². The lowest BCUT2D eigenvalue weighted by Crippen LogP contribution is -2.52. The molecule has 1 atom stereocenters. The molecule has 0 aliphatic carbocycles. The molecule has 0 bridgehead atoms. The summed E-state index contributed by atoms with van der Waals surface area (Å²) in [5, 5.41) is 0. The molecule has 4 heteroatoms. The number of morpholine rings is 1. The third-order valence-corrected chi connectivity index (χ3v) is 3.08. The molecule has 0 amide bonds. The summed E-state index contributed by atoms with van der Waals surface area (Å²) in [5.74, 6) is 0.948. The van der Waals surface area contributed by atoms with E-state index < -0.39 is 0 Å². The van der Waals surface area contributed by atoms with Gasteiger partial charge in [-0.05, 0) is 39.3 Å². The zero-order valence-electron chi connectivity index (χ0n) is 11.4. The second kappa shape index (κ2) is 4.69. The molecule has 0 radical (unpaired) electrons. The van der Waals surface area contributed by atoms with Gasteiger partial charge in [0, 0.05) is 24.8 Å². The Labute approximate surface area is 108 Å². The van der Waals surface area contributed by atoms with Gasteiger partial charge >= 0.3 is 0 Å². The molecule has 1 aromatic heterocycles. The van der Waals surface area contributed by atoms with Gasteiger partial charge in [0.15, 0.2) is 6.29 Å². The van der Waals surface area contributed by atoms with Crippen LogP contribution in [0.25, 0.3) is 0 Å². The molecular weight excluding hydrogens is 228 g/mol. The van der Waals surface area contributed by atoms with Crippen molar-refractivity contribution in [1.82, 2.24) is 4.98 Å². The van der Waals surface area contributed by atoms with Gasteiger partial charge < -0.3 is 9.64 Å². The Balaban J connectivity index is 2.28. The number of aldehydes is 1. The molecule has 1 aliphatic rings. The molecule has 4 nitrogen and oxygen atoms in total. The van der Waals surface area contributed by atoms with E-state index in [0.717, 1.165) is 30.8 Å². The Bertz CT molecular complexity index is 457. The van der Waals surface area contributed by atoms with Crippen LogP contribution in [0.2, 0.25) is 0 Å². The molecule has 1 aromatic rings. The highest BCUT2D eigenvalue weighted by Gasteiger charge is 2.32. The Morgan fingerprint density at radius 3 is 2.83 bits per heavy atom. The lowest BCUT2D eigenvalue weighted by molar-refractivity contribution is -0.0752. The molecule has 18 heavy (non-hydrogen) atoms. The Hall–Kier alpha value is -1.42. The van der Waals surface area contributed by atoms with Gasteiger partial charge in [-0.1, -0.05) is 0 Å². The van der Waals surface area contributed by atoms with E-state index in [1.807, 2.05) is 13.0 Å². The van der Waals surface area contributed by atoms with E-state index in [0.29, 0.717) is 5.56 Å². The normalized spacial score (nSPS) is 22.9. The Morgan fingerprint density at radius 2 is 2.28 bits per heavy atom. The van der Waals surface area contributed by atoms with Gasteiger partial charge in [-0.15, -0.1) is 0 Å². The first-order valence-electron chi connectivity index (χ1n) is 6.26. The van der Waals surface area contributed by atoms with Crippen molar-refractivity contribution in [3.8, 4) is 0 Å². The first-order valence-corrected chi connectivity index (χ1v) is 6.26. The predicted molar refractivity (Wildman–Crippen MR) is 71.2 cm³/mol. The van der Waals surface area contributed by atoms with Crippen LogP contribution in [0.3, 0.4) is 0 Å². The summed E-state index contributed by atoms with van der Waals surface area (Å²) < 4.78 is 5.88. The van der Waals surface area contributed by atoms with Gasteiger partial charge in [0.1, 0.15) is 5.82 Å². The summed E-state index contributed by atoms with van der Waals surface area (Å²) in [5.41, 5.74) is 1.48. The van der Waals surface area contributed by atoms with E-state index in [1.54, 1.807) is 6.20 Å². The fraction of sp³-hybridized carbons (Fsp3) is 0.571. The number of nitrogens with zero attached hydrogens (tertiary/aromatic N) is 2. The van der Waals surface area contributed by atoms with Crippen molar-refractivity contribution < 1.29 is 9.53 Å². The Morgan fingerprint density at radius 1 is 1.56 bits per heavy atom. The van der Waals surface area contributed by atoms with E-state index in [2.05, 4.69) is 30.7 Å². The average Bonchev–Trinajstić information content (AvgIpc) is 2.25. The van der Waals surface area contributed by atoms with E-state index in [-0.39, 0.29) is 11.7 Å². The van der Waals surface area contributed by atoms with Gasteiger partial charge in [0.05, 0.1) is 11.7 Å². The standard InChI is InChI=1S/C14H20N2O2/c1-10-5-12(8-17)6-15-13(10)16-7-11(2)18-14(3,4)9-16/h5-6,8,11H,7,9H2,1-4H3. The maximum Gasteiger partial charge on any atom is 0.151 e. The smallest absolute Gasteiger partial charge is 0.151 e. The number of carbonyl (C=O) groups excluding carboxylic acids is 1. The van der Waals surface area contributed by atoms with Crippen LogP contribution < -0.4 is 4.90 Å². The molecule has 2 heterocycles. The second-order valence-electron chi connectivity index (χ2n) is 5.60. The molecule has 98 valence electrons. The maximum atomic E-state index is 10.7. The van der Waals surface area contributed by atoms with Gasteiger partial charge in [-0.3, -0.25) is 4.79 Å². The first-order chi connectivity index (χ1) is 8.41. The van der Waals surface area contributed by atoms with Crippen LogP contribution in [-0.4, -0.2) is 36.1 Å². The van der Waals surface area contributed by atoms with Crippen molar-refractivity contribution in [2.45, 2.75) is 39.4 Å². The largest absolute Gasteiger partial charge is 0.369 e. The predicted octanol–water partition coefficient (Wildman–Crippen LogP) is 2.21. The number of aryl methyl sites for hydroxylation is 1. The highest BCUT2D eigenvalue weighted by molar-refractivity contribution is 5.75. The molecule has 1 aliphatic heterocycles. The number of hydrogen-bond donors (Lipinski definition) is 0. The van der Waals surface area contributed by atoms with Crippen molar-refractivity contribution in [2.24, 2.45) is 0 Å². The van der Waals surface area contributed by atoms with Crippen molar-refractivity contribution in [3.05, 3.63) is 23.4 Å². The SMILES string of the molecule is Cc1cc(C=O)cnc1N1CC(C)OC(C)(C)C1. The molecule has 0 spiro atoms. The van der Waals surface area contributed by atoms with E-state index >= 15 is 0 Å². The lowest BCUT2D eigenvalue weighted by Gasteiger charge is -2.42. The third kappa shape index (κ3) is 2.70. The van der Waals surface area contributed by atoms with Gasteiger partial charge in [-0.2, -0.15) is 0 Å². The fourth-order valence-corrected chi connectivity index (χ4v) is 2.60. The summed E-state index contributed by atoms with van der Waals surface area (Å²) >= 11 is 0. The highest BCUT2D eigenvalue weighted by Crippen LogP contribution is 2.26. The molecule has 2 rings (SSSR count). The highest BCUT2D eigenvalue weighted by atomic mass is 16.5. The summed E-state index contributed by atoms with van der Waals surface area (Å²) in [4.78, 5) is 17.4. The molecule has 1 unspecified atom stereocenters. The van der Waals surface area contributed by atoms with Gasteiger partial charge in [0.2, 0.25) is 0 Å². The summed E-state index contributed by atoms with van der Waals surface area (Å²) in [6, 6.07) is 1.88. The fourth-order valence-electron chi connectivity index (χ4n) is 2.60. The van der Waals surface area contributed by atoms with E-state index in [4.69, 9.17) is 4.74 Å². The minimum atomic E-state index is -0.172. The second-order valence-corrected chi connectivity index (χ2v) is 5.60. The lowest BCUT2D eigenvalue weighted by atomic mass is 10.0. The maximum absolute atomic E-state index is 10.7. The van der Waals surface area contributed by atoms with Crippen LogP contribution >= 0.6 is 0 Å². The average molecular weight is 248 g/mol. The van der Waals surface area contributed by atoms with Crippen molar-refractivity contribution in [2.75, 3.05) is 18.0 Å². The molecular formula is C14H20N2O2. The van der Waals surface area contributed by atoms with Crippen LogP contribution in [0.5, 0.6) is 0 Å². The number of carbonyl (C=O) groups is 1. The van der Waals surface area contributed by atoms with Crippen LogP contribution in [0.4, 0.5) is 5.82 Å². The molecule has 1 saturated heterocycles. The molecule has 0 N–H and O–H groups in total. The molecule has 1 fully saturated rings. The summed E-state index contributed by atoms with van der Waals surface area (Å²) in [6.07, 6.45) is 2.64. The zero-order chi connectivity index (χ0) is 13.3.